The van der Waals surface area contributed by atoms with Gasteiger partial charge in [0.25, 0.3) is 0 Å². The van der Waals surface area contributed by atoms with Gasteiger partial charge < -0.3 is 47.7 Å². The second kappa shape index (κ2) is 25.9. The number of nitrogens with zero attached hydrogens (tertiary/aromatic N) is 2. The van der Waals surface area contributed by atoms with Gasteiger partial charge in [0.15, 0.2) is 13.6 Å². The van der Waals surface area contributed by atoms with Crippen molar-refractivity contribution in [2.75, 3.05) is 104 Å². The Labute approximate surface area is 367 Å². The summed E-state index contributed by atoms with van der Waals surface area (Å²) in [4.78, 5) is 30.3. The standard InChI is InChI=1S/C21H24BrNO5S.C11H14O4.C10H12BrNOS/c1-25-14-28-19-6-4-3-5-18(19)20(21(24)26-2)29-17-12-15(22)11-16(13-17)23-7-9-27-10-8-23;1-13-8-15-10-6-4-3-5-9(10)7-11(12)14-2;11-8-5-9(7-10(14)6-8)12-1-3-13-4-2-12/h3-6,11-13,20H,7-10,14H2,1-2H3;3-6H,7-8H2,1-2H3;5-7,14H,1-4H2. The van der Waals surface area contributed by atoms with Crippen LogP contribution in [-0.4, -0.2) is 107 Å². The van der Waals surface area contributed by atoms with Crippen LogP contribution < -0.4 is 19.3 Å². The fraction of sp³-hybridized carbons (Fsp3) is 0.381. The molecule has 0 saturated carbocycles. The number of thiol groups is 1. The number of thioether (sulfide) groups is 1. The zero-order valence-corrected chi connectivity index (χ0v) is 37.9. The van der Waals surface area contributed by atoms with Gasteiger partial charge in [-0.2, -0.15) is 0 Å². The Morgan fingerprint density at radius 2 is 1.24 bits per heavy atom. The van der Waals surface area contributed by atoms with E-state index in [1.807, 2.05) is 54.6 Å². The van der Waals surface area contributed by atoms with E-state index in [1.165, 1.54) is 31.7 Å². The second-order valence-electron chi connectivity index (χ2n) is 12.5. The van der Waals surface area contributed by atoms with Crippen molar-refractivity contribution in [1.29, 1.82) is 0 Å². The van der Waals surface area contributed by atoms with Crippen molar-refractivity contribution >= 4 is 79.6 Å². The number of morpholine rings is 2. The largest absolute Gasteiger partial charge is 0.469 e. The van der Waals surface area contributed by atoms with E-state index in [2.05, 4.69) is 83.3 Å². The normalized spacial score (nSPS) is 14.2. The first kappa shape index (κ1) is 47.2. The van der Waals surface area contributed by atoms with E-state index in [0.717, 1.165) is 74.9 Å². The number of halogens is 2. The quantitative estimate of drug-likeness (QED) is 0.0567. The topological polar surface area (TPSA) is 114 Å². The number of anilines is 2. The lowest BCUT2D eigenvalue weighted by Crippen LogP contribution is -2.36. The number of benzene rings is 4. The number of carbonyl (C=O) groups excluding carboxylic acids is 2. The van der Waals surface area contributed by atoms with Gasteiger partial charge in [-0.3, -0.25) is 9.59 Å². The highest BCUT2D eigenvalue weighted by Gasteiger charge is 2.27. The maximum Gasteiger partial charge on any atom is 0.323 e. The number of hydrogen-bond acceptors (Lipinski definition) is 14. The van der Waals surface area contributed by atoms with Crippen LogP contribution in [0.15, 0.2) is 104 Å². The summed E-state index contributed by atoms with van der Waals surface area (Å²) in [5.41, 5.74) is 3.85. The predicted octanol–water partition coefficient (Wildman–Crippen LogP) is 8.23. The van der Waals surface area contributed by atoms with E-state index in [-0.39, 0.29) is 31.9 Å². The third-order valence-corrected chi connectivity index (χ3v) is 10.9. The number of rotatable bonds is 14. The molecule has 314 valence electrons. The first-order valence-corrected chi connectivity index (χ1v) is 21.2. The van der Waals surface area contributed by atoms with E-state index < -0.39 is 5.25 Å². The number of para-hydroxylation sites is 2. The van der Waals surface area contributed by atoms with Crippen LogP contribution >= 0.6 is 56.3 Å². The van der Waals surface area contributed by atoms with Gasteiger partial charge in [-0.05, 0) is 48.5 Å². The number of hydrogen-bond donors (Lipinski definition) is 1. The zero-order chi connectivity index (χ0) is 41.7. The van der Waals surface area contributed by atoms with Crippen molar-refractivity contribution in [3.8, 4) is 11.5 Å². The van der Waals surface area contributed by atoms with Crippen LogP contribution in [0.5, 0.6) is 11.5 Å². The third-order valence-electron chi connectivity index (χ3n) is 8.55. The molecule has 4 aromatic rings. The molecule has 2 aliphatic rings. The van der Waals surface area contributed by atoms with Crippen molar-refractivity contribution in [3.63, 3.8) is 0 Å². The Bertz CT molecular complexity index is 1860. The van der Waals surface area contributed by atoms with Gasteiger partial charge in [-0.25, -0.2) is 0 Å². The molecule has 2 aliphatic heterocycles. The molecule has 0 bridgehead atoms. The third kappa shape index (κ3) is 15.6. The molecule has 0 spiro atoms. The lowest BCUT2D eigenvalue weighted by atomic mass is 10.1. The number of ether oxygens (including phenoxy) is 8. The molecule has 2 heterocycles. The average Bonchev–Trinajstić information content (AvgIpc) is 3.25. The van der Waals surface area contributed by atoms with Crippen molar-refractivity contribution in [2.24, 2.45) is 0 Å². The Kier molecular flexibility index (Phi) is 21.1. The molecule has 1 unspecified atom stereocenters. The van der Waals surface area contributed by atoms with Crippen LogP contribution in [0.25, 0.3) is 0 Å². The van der Waals surface area contributed by atoms with Crippen LogP contribution in [0.2, 0.25) is 0 Å². The van der Waals surface area contributed by atoms with Crippen molar-refractivity contribution in [1.82, 2.24) is 0 Å². The predicted molar refractivity (Wildman–Crippen MR) is 236 cm³/mol. The maximum atomic E-state index is 12.6. The summed E-state index contributed by atoms with van der Waals surface area (Å²) in [6.45, 7) is 6.93. The van der Waals surface area contributed by atoms with E-state index in [9.17, 15) is 9.59 Å². The van der Waals surface area contributed by atoms with Gasteiger partial charge in [0.05, 0.1) is 47.1 Å². The fourth-order valence-electron chi connectivity index (χ4n) is 5.76. The molecule has 58 heavy (non-hydrogen) atoms. The van der Waals surface area contributed by atoms with Crippen LogP contribution in [0.3, 0.4) is 0 Å². The summed E-state index contributed by atoms with van der Waals surface area (Å²) >= 11 is 12.9. The minimum Gasteiger partial charge on any atom is -0.469 e. The van der Waals surface area contributed by atoms with Crippen molar-refractivity contribution in [3.05, 3.63) is 105 Å². The van der Waals surface area contributed by atoms with E-state index >= 15 is 0 Å². The van der Waals surface area contributed by atoms with Crippen LogP contribution in [0.4, 0.5) is 11.4 Å². The molecule has 2 fully saturated rings. The smallest absolute Gasteiger partial charge is 0.323 e. The van der Waals surface area contributed by atoms with Gasteiger partial charge in [-0.1, -0.05) is 68.3 Å². The van der Waals surface area contributed by atoms with Crippen molar-refractivity contribution in [2.45, 2.75) is 21.5 Å². The van der Waals surface area contributed by atoms with Gasteiger partial charge in [0, 0.05) is 81.6 Å². The highest BCUT2D eigenvalue weighted by molar-refractivity contribution is 9.10. The molecular formula is C42H50Br2N2O10S2. The summed E-state index contributed by atoms with van der Waals surface area (Å²) in [6, 6.07) is 27.1. The summed E-state index contributed by atoms with van der Waals surface area (Å²) in [6.07, 6.45) is 0.205. The van der Waals surface area contributed by atoms with Crippen LogP contribution in [0, 0.1) is 0 Å². The van der Waals surface area contributed by atoms with Gasteiger partial charge in [0.2, 0.25) is 0 Å². The summed E-state index contributed by atoms with van der Waals surface area (Å²) in [7, 11) is 5.86. The highest BCUT2D eigenvalue weighted by Crippen LogP contribution is 2.42. The molecule has 6 rings (SSSR count). The summed E-state index contributed by atoms with van der Waals surface area (Å²) < 4.78 is 43.2. The van der Waals surface area contributed by atoms with Crippen LogP contribution in [-0.2, 0) is 44.4 Å². The lowest BCUT2D eigenvalue weighted by Gasteiger charge is -2.29. The Morgan fingerprint density at radius 1 is 0.707 bits per heavy atom. The number of carbonyl (C=O) groups is 2. The molecular weight excluding hydrogens is 916 g/mol. The first-order chi connectivity index (χ1) is 28.1. The summed E-state index contributed by atoms with van der Waals surface area (Å²) in [5, 5.41) is -0.570. The molecule has 1 atom stereocenters. The Balaban J connectivity index is 0.000000215. The maximum absolute atomic E-state index is 12.6. The molecule has 0 aromatic heterocycles. The minimum atomic E-state index is -0.570. The fourth-order valence-corrected chi connectivity index (χ4v) is 8.49. The molecule has 0 amide bonds. The second-order valence-corrected chi connectivity index (χ2v) is 16.1. The number of esters is 2. The van der Waals surface area contributed by atoms with Gasteiger partial charge in [-0.15, -0.1) is 24.4 Å². The van der Waals surface area contributed by atoms with E-state index in [1.54, 1.807) is 20.3 Å². The minimum absolute atomic E-state index is 0.105. The van der Waals surface area contributed by atoms with E-state index in [4.69, 9.17) is 33.2 Å². The van der Waals surface area contributed by atoms with Crippen molar-refractivity contribution < 1.29 is 47.5 Å². The molecule has 2 saturated heterocycles. The highest BCUT2D eigenvalue weighted by atomic mass is 79.9. The first-order valence-electron chi connectivity index (χ1n) is 18.3. The monoisotopic (exact) mass is 964 g/mol. The SMILES string of the molecule is COCOc1ccccc1C(Sc1cc(Br)cc(N2CCOCC2)c1)C(=O)OC.COCOc1ccccc1CC(=O)OC.Sc1cc(Br)cc(N2CCOCC2)c1. The average molecular weight is 967 g/mol. The molecule has 4 aromatic carbocycles. The molecule has 12 nitrogen and oxygen atoms in total. The number of methoxy groups -OCH3 is 4. The lowest BCUT2D eigenvalue weighted by molar-refractivity contribution is -0.140. The van der Waals surface area contributed by atoms with Gasteiger partial charge in [0.1, 0.15) is 16.7 Å². The van der Waals surface area contributed by atoms with Gasteiger partial charge >= 0.3 is 11.9 Å². The molecule has 0 N–H and O–H groups in total. The Morgan fingerprint density at radius 3 is 1.81 bits per heavy atom. The van der Waals surface area contributed by atoms with Crippen LogP contribution in [0.1, 0.15) is 16.4 Å². The molecule has 0 aliphatic carbocycles. The zero-order valence-electron chi connectivity index (χ0n) is 33.0. The molecule has 16 heteroatoms. The van der Waals surface area contributed by atoms with E-state index in [0.29, 0.717) is 24.7 Å². The Hall–Kier alpha value is -3.48. The summed E-state index contributed by atoms with van der Waals surface area (Å²) in [5.74, 6) is 0.616. The molecule has 0 radical (unpaired) electrons.